The minimum absolute atomic E-state index is 0.0277. The van der Waals surface area contributed by atoms with Crippen molar-refractivity contribution < 1.29 is 13.2 Å². The minimum atomic E-state index is -3.65. The van der Waals surface area contributed by atoms with Crippen LogP contribution in [0.4, 0.5) is 5.69 Å². The molecule has 25 heavy (non-hydrogen) atoms. The average molecular weight is 358 g/mol. The van der Waals surface area contributed by atoms with Gasteiger partial charge in [0.25, 0.3) is 15.9 Å². The first-order valence-corrected chi connectivity index (χ1v) is 9.87. The molecule has 0 aromatic heterocycles. The second-order valence-corrected chi connectivity index (χ2v) is 8.15. The molecule has 0 radical (unpaired) electrons. The van der Waals surface area contributed by atoms with Crippen molar-refractivity contribution in [1.29, 1.82) is 0 Å². The number of hydrogen-bond acceptors (Lipinski definition) is 3. The highest BCUT2D eigenvalue weighted by Crippen LogP contribution is 2.22. The van der Waals surface area contributed by atoms with Gasteiger partial charge in [-0.25, -0.2) is 8.42 Å². The summed E-state index contributed by atoms with van der Waals surface area (Å²) < 4.78 is 26.7. The number of benzene rings is 2. The van der Waals surface area contributed by atoms with E-state index in [9.17, 15) is 13.2 Å². The number of sulfonamides is 1. The maximum Gasteiger partial charge on any atom is 0.264 e. The van der Waals surface area contributed by atoms with Crippen LogP contribution in [-0.2, 0) is 10.0 Å². The lowest BCUT2D eigenvalue weighted by Crippen LogP contribution is -2.35. The lowest BCUT2D eigenvalue weighted by molar-refractivity contribution is 0.0724. The van der Waals surface area contributed by atoms with Crippen LogP contribution >= 0.6 is 0 Å². The van der Waals surface area contributed by atoms with Gasteiger partial charge in [-0.1, -0.05) is 18.2 Å². The molecule has 1 fully saturated rings. The maximum atomic E-state index is 12.7. The molecule has 1 aliphatic heterocycles. The smallest absolute Gasteiger partial charge is 0.264 e. The fourth-order valence-electron chi connectivity index (χ4n) is 2.98. The Bertz CT molecular complexity index is 827. The number of hydrogen-bond donors (Lipinski definition) is 0. The van der Waals surface area contributed by atoms with Crippen LogP contribution in [0.25, 0.3) is 0 Å². The Morgan fingerprint density at radius 3 is 2.12 bits per heavy atom. The van der Waals surface area contributed by atoms with Crippen molar-refractivity contribution in [3.63, 3.8) is 0 Å². The molecule has 0 atom stereocenters. The predicted octanol–water partition coefficient (Wildman–Crippen LogP) is 3.14. The Hall–Kier alpha value is -2.34. The van der Waals surface area contributed by atoms with Crippen LogP contribution in [0.5, 0.6) is 0 Å². The van der Waals surface area contributed by atoms with Gasteiger partial charge >= 0.3 is 0 Å². The Kier molecular flexibility index (Phi) is 5.08. The van der Waals surface area contributed by atoms with E-state index in [4.69, 9.17) is 0 Å². The molecule has 0 aliphatic carbocycles. The van der Waals surface area contributed by atoms with E-state index in [2.05, 4.69) is 0 Å². The van der Waals surface area contributed by atoms with Crippen molar-refractivity contribution in [2.24, 2.45) is 0 Å². The van der Waals surface area contributed by atoms with Crippen LogP contribution in [0.2, 0.25) is 0 Å². The Morgan fingerprint density at radius 1 is 0.920 bits per heavy atom. The van der Waals surface area contributed by atoms with Gasteiger partial charge in [0.1, 0.15) is 0 Å². The summed E-state index contributed by atoms with van der Waals surface area (Å²) in [6, 6.07) is 15.1. The predicted molar refractivity (Wildman–Crippen MR) is 98.2 cm³/mol. The van der Waals surface area contributed by atoms with Crippen LogP contribution in [0.1, 0.15) is 29.6 Å². The molecule has 3 rings (SSSR count). The van der Waals surface area contributed by atoms with E-state index in [-0.39, 0.29) is 10.8 Å². The number of rotatable bonds is 4. The van der Waals surface area contributed by atoms with Gasteiger partial charge in [0.15, 0.2) is 0 Å². The van der Waals surface area contributed by atoms with Gasteiger partial charge in [-0.05, 0) is 55.7 Å². The number of nitrogens with zero attached hydrogens (tertiary/aromatic N) is 2. The molecular formula is C19H22N2O3S. The highest BCUT2D eigenvalue weighted by atomic mass is 32.2. The maximum absolute atomic E-state index is 12.7. The van der Waals surface area contributed by atoms with Crippen LogP contribution in [0, 0.1) is 0 Å². The molecule has 1 heterocycles. The average Bonchev–Trinajstić information content (AvgIpc) is 2.68. The standard InChI is InChI=1S/C19H22N2O3S/c1-20(17-8-4-2-5-9-17)25(23,24)18-12-10-16(11-13-18)19(22)21-14-6-3-7-15-21/h2,4-5,8-13H,3,6-7,14-15H2,1H3. The van der Waals surface area contributed by atoms with E-state index in [1.54, 1.807) is 36.4 Å². The third-order valence-electron chi connectivity index (χ3n) is 4.52. The summed E-state index contributed by atoms with van der Waals surface area (Å²) in [5, 5.41) is 0. The molecule has 2 aromatic carbocycles. The molecule has 0 bridgehead atoms. The summed E-state index contributed by atoms with van der Waals surface area (Å²) in [6.07, 6.45) is 3.22. The molecule has 0 N–H and O–H groups in total. The number of likely N-dealkylation sites (tertiary alicyclic amines) is 1. The lowest BCUT2D eigenvalue weighted by atomic mass is 10.1. The van der Waals surface area contributed by atoms with Crippen LogP contribution < -0.4 is 4.31 Å². The Balaban J connectivity index is 1.80. The van der Waals surface area contributed by atoms with Crippen molar-refractivity contribution >= 4 is 21.6 Å². The summed E-state index contributed by atoms with van der Waals surface area (Å²) in [7, 11) is -2.13. The number of anilines is 1. The summed E-state index contributed by atoms with van der Waals surface area (Å²) in [5.41, 5.74) is 1.12. The molecule has 1 aliphatic rings. The van der Waals surface area contributed by atoms with E-state index >= 15 is 0 Å². The fraction of sp³-hybridized carbons (Fsp3) is 0.316. The first-order chi connectivity index (χ1) is 12.0. The van der Waals surface area contributed by atoms with E-state index in [0.717, 1.165) is 32.4 Å². The monoisotopic (exact) mass is 358 g/mol. The SMILES string of the molecule is CN(c1ccccc1)S(=O)(=O)c1ccc(C(=O)N2CCCCC2)cc1. The molecule has 0 spiro atoms. The zero-order chi connectivity index (χ0) is 17.9. The van der Waals surface area contributed by atoms with Crippen LogP contribution in [0.15, 0.2) is 59.5 Å². The summed E-state index contributed by atoms with van der Waals surface area (Å²) >= 11 is 0. The van der Waals surface area contributed by atoms with Crippen molar-refractivity contribution in [3.8, 4) is 0 Å². The van der Waals surface area contributed by atoms with Gasteiger partial charge in [0, 0.05) is 25.7 Å². The second kappa shape index (κ2) is 7.27. The van der Waals surface area contributed by atoms with Crippen molar-refractivity contribution in [3.05, 3.63) is 60.2 Å². The molecule has 1 saturated heterocycles. The zero-order valence-corrected chi connectivity index (χ0v) is 15.1. The van der Waals surface area contributed by atoms with Crippen LogP contribution in [0.3, 0.4) is 0 Å². The van der Waals surface area contributed by atoms with E-state index in [0.29, 0.717) is 11.3 Å². The van der Waals surface area contributed by atoms with Crippen LogP contribution in [-0.4, -0.2) is 39.4 Å². The molecule has 6 heteroatoms. The molecular weight excluding hydrogens is 336 g/mol. The first-order valence-electron chi connectivity index (χ1n) is 8.43. The largest absolute Gasteiger partial charge is 0.339 e. The fourth-order valence-corrected chi connectivity index (χ4v) is 4.18. The van der Waals surface area contributed by atoms with Gasteiger partial charge in [0.05, 0.1) is 10.6 Å². The highest BCUT2D eigenvalue weighted by Gasteiger charge is 2.23. The van der Waals surface area contributed by atoms with Crippen molar-refractivity contribution in [1.82, 2.24) is 4.90 Å². The highest BCUT2D eigenvalue weighted by molar-refractivity contribution is 7.92. The first kappa shape index (κ1) is 17.5. The number of carbonyl (C=O) groups excluding carboxylic acids is 1. The van der Waals surface area contributed by atoms with E-state index in [1.807, 2.05) is 11.0 Å². The van der Waals surface area contributed by atoms with Gasteiger partial charge in [0.2, 0.25) is 0 Å². The van der Waals surface area contributed by atoms with Gasteiger partial charge in [-0.2, -0.15) is 0 Å². The van der Waals surface area contributed by atoms with E-state index in [1.165, 1.54) is 23.5 Å². The molecule has 0 saturated carbocycles. The van der Waals surface area contributed by atoms with Crippen molar-refractivity contribution in [2.75, 3.05) is 24.4 Å². The normalized spacial score (nSPS) is 15.0. The van der Waals surface area contributed by atoms with Crippen molar-refractivity contribution in [2.45, 2.75) is 24.2 Å². The van der Waals surface area contributed by atoms with E-state index < -0.39 is 10.0 Å². The zero-order valence-electron chi connectivity index (χ0n) is 14.3. The molecule has 1 amide bonds. The van der Waals surface area contributed by atoms with Gasteiger partial charge in [-0.3, -0.25) is 9.10 Å². The summed E-state index contributed by atoms with van der Waals surface area (Å²) in [6.45, 7) is 1.55. The van der Waals surface area contributed by atoms with Gasteiger partial charge < -0.3 is 4.90 Å². The number of piperidine rings is 1. The minimum Gasteiger partial charge on any atom is -0.339 e. The molecule has 2 aromatic rings. The Morgan fingerprint density at radius 2 is 1.52 bits per heavy atom. The molecule has 0 unspecified atom stereocenters. The second-order valence-electron chi connectivity index (χ2n) is 6.19. The summed E-state index contributed by atoms with van der Waals surface area (Å²) in [4.78, 5) is 14.5. The number of carbonyl (C=O) groups is 1. The summed E-state index contributed by atoms with van der Waals surface area (Å²) in [5.74, 6) is -0.0277. The third-order valence-corrected chi connectivity index (χ3v) is 6.32. The number of para-hydroxylation sites is 1. The van der Waals surface area contributed by atoms with Gasteiger partial charge in [-0.15, -0.1) is 0 Å². The lowest BCUT2D eigenvalue weighted by Gasteiger charge is -2.26. The Labute approximate surface area is 148 Å². The molecule has 132 valence electrons. The topological polar surface area (TPSA) is 57.7 Å². The quantitative estimate of drug-likeness (QED) is 0.844. The number of amides is 1. The molecule has 5 nitrogen and oxygen atoms in total. The third kappa shape index (κ3) is 3.69.